The van der Waals surface area contributed by atoms with Gasteiger partial charge in [0.2, 0.25) is 0 Å². The highest BCUT2D eigenvalue weighted by atomic mass is 79.9. The van der Waals surface area contributed by atoms with Gasteiger partial charge in [-0.15, -0.1) is 0 Å². The van der Waals surface area contributed by atoms with Crippen LogP contribution in [-0.4, -0.2) is 30.1 Å². The Labute approximate surface area is 124 Å². The van der Waals surface area contributed by atoms with Crippen molar-refractivity contribution in [1.82, 2.24) is 4.90 Å². The van der Waals surface area contributed by atoms with Gasteiger partial charge in [0.15, 0.2) is 0 Å². The average Bonchev–Trinajstić information content (AvgIpc) is 2.40. The molecule has 110 valence electrons. The van der Waals surface area contributed by atoms with Gasteiger partial charge in [-0.2, -0.15) is 13.2 Å². The number of amides is 1. The maximum absolute atomic E-state index is 12.8. The Balaban J connectivity index is 2.19. The fourth-order valence-corrected chi connectivity index (χ4v) is 2.85. The Kier molecular flexibility index (Phi) is 4.42. The smallest absolute Gasteiger partial charge is 0.338 e. The lowest BCUT2D eigenvalue weighted by Crippen LogP contribution is -2.44. The Bertz CT molecular complexity index is 516. The molecule has 6 heteroatoms. The minimum atomic E-state index is -4.23. The van der Waals surface area contributed by atoms with E-state index < -0.39 is 12.1 Å². The normalized spacial score (nSPS) is 20.1. The zero-order valence-corrected chi connectivity index (χ0v) is 12.6. The van der Waals surface area contributed by atoms with Crippen LogP contribution in [0.25, 0.3) is 0 Å². The quantitative estimate of drug-likeness (QED) is 0.744. The second-order valence-corrected chi connectivity index (χ2v) is 5.86. The van der Waals surface area contributed by atoms with Crippen LogP contribution in [0, 0.1) is 12.8 Å². The van der Waals surface area contributed by atoms with E-state index in [1.807, 2.05) is 13.0 Å². The monoisotopic (exact) mass is 349 g/mol. The molecular weight excluding hydrogens is 335 g/mol. The number of likely N-dealkylation sites (tertiary alicyclic amines) is 1. The predicted molar refractivity (Wildman–Crippen MR) is 73.6 cm³/mol. The summed E-state index contributed by atoms with van der Waals surface area (Å²) in [5, 5.41) is 0. The lowest BCUT2D eigenvalue weighted by Gasteiger charge is -2.34. The molecule has 1 heterocycles. The van der Waals surface area contributed by atoms with Crippen LogP contribution in [-0.2, 0) is 0 Å². The summed E-state index contributed by atoms with van der Waals surface area (Å²) in [6, 6.07) is 5.21. The number of alkyl halides is 3. The molecule has 1 aromatic rings. The molecule has 1 atom stereocenters. The molecule has 0 spiro atoms. The summed E-state index contributed by atoms with van der Waals surface area (Å²) in [4.78, 5) is 13.7. The number of carbonyl (C=O) groups is 1. The van der Waals surface area contributed by atoms with Crippen molar-refractivity contribution in [2.75, 3.05) is 13.1 Å². The van der Waals surface area contributed by atoms with Crippen molar-refractivity contribution >= 4 is 21.8 Å². The minimum absolute atomic E-state index is 0.0995. The van der Waals surface area contributed by atoms with Crippen molar-refractivity contribution in [3.63, 3.8) is 0 Å². The summed E-state index contributed by atoms with van der Waals surface area (Å²) in [5.74, 6) is -1.75. The Morgan fingerprint density at radius 1 is 1.40 bits per heavy atom. The van der Waals surface area contributed by atoms with Crippen LogP contribution in [0.4, 0.5) is 13.2 Å². The number of benzene rings is 1. The van der Waals surface area contributed by atoms with Crippen molar-refractivity contribution in [3.05, 3.63) is 33.8 Å². The lowest BCUT2D eigenvalue weighted by atomic mass is 9.96. The molecule has 0 aliphatic carbocycles. The van der Waals surface area contributed by atoms with E-state index in [1.54, 1.807) is 12.1 Å². The number of piperidine rings is 1. The summed E-state index contributed by atoms with van der Waals surface area (Å²) >= 11 is 3.33. The molecule has 1 saturated heterocycles. The summed E-state index contributed by atoms with van der Waals surface area (Å²) in [6.07, 6.45) is -3.75. The van der Waals surface area contributed by atoms with Crippen molar-refractivity contribution in [1.29, 1.82) is 0 Å². The first-order chi connectivity index (χ1) is 9.30. The van der Waals surface area contributed by atoms with Gasteiger partial charge in [-0.1, -0.05) is 12.1 Å². The highest BCUT2D eigenvalue weighted by Crippen LogP contribution is 2.34. The first-order valence-corrected chi connectivity index (χ1v) is 7.21. The van der Waals surface area contributed by atoms with Crippen molar-refractivity contribution < 1.29 is 18.0 Å². The largest absolute Gasteiger partial charge is 0.393 e. The second kappa shape index (κ2) is 5.76. The molecule has 20 heavy (non-hydrogen) atoms. The maximum Gasteiger partial charge on any atom is 0.393 e. The van der Waals surface area contributed by atoms with E-state index in [-0.39, 0.29) is 18.9 Å². The van der Waals surface area contributed by atoms with Crippen LogP contribution in [0.15, 0.2) is 22.7 Å². The minimum Gasteiger partial charge on any atom is -0.338 e. The summed E-state index contributed by atoms with van der Waals surface area (Å²) in [7, 11) is 0. The molecule has 1 aromatic carbocycles. The van der Waals surface area contributed by atoms with Gasteiger partial charge >= 0.3 is 6.18 Å². The van der Waals surface area contributed by atoms with E-state index in [9.17, 15) is 18.0 Å². The first kappa shape index (κ1) is 15.4. The summed E-state index contributed by atoms with van der Waals surface area (Å²) in [5.41, 5.74) is 1.31. The highest BCUT2D eigenvalue weighted by Gasteiger charge is 2.42. The van der Waals surface area contributed by atoms with Gasteiger partial charge in [0.25, 0.3) is 5.91 Å². The fraction of sp³-hybridized carbons (Fsp3) is 0.500. The topological polar surface area (TPSA) is 20.3 Å². The molecule has 1 unspecified atom stereocenters. The standard InChI is InChI=1S/C14H15BrF3NO/c1-9-4-2-6-11(12(9)15)13(20)19-7-3-5-10(8-19)14(16,17)18/h2,4,6,10H,3,5,7-8H2,1H3. The molecule has 1 aliphatic heterocycles. The van der Waals surface area contributed by atoms with Crippen molar-refractivity contribution in [3.8, 4) is 0 Å². The molecule has 0 bridgehead atoms. The van der Waals surface area contributed by atoms with E-state index >= 15 is 0 Å². The van der Waals surface area contributed by atoms with E-state index in [0.717, 1.165) is 5.56 Å². The Morgan fingerprint density at radius 3 is 2.75 bits per heavy atom. The lowest BCUT2D eigenvalue weighted by molar-refractivity contribution is -0.184. The molecule has 2 rings (SSSR count). The van der Waals surface area contributed by atoms with Crippen LogP contribution in [0.3, 0.4) is 0 Å². The van der Waals surface area contributed by atoms with Crippen LogP contribution in [0.2, 0.25) is 0 Å². The zero-order valence-electron chi connectivity index (χ0n) is 11.0. The number of nitrogens with zero attached hydrogens (tertiary/aromatic N) is 1. The molecule has 1 amide bonds. The predicted octanol–water partition coefficient (Wildman–Crippen LogP) is 4.17. The zero-order chi connectivity index (χ0) is 14.9. The van der Waals surface area contributed by atoms with Crippen LogP contribution >= 0.6 is 15.9 Å². The van der Waals surface area contributed by atoms with E-state index in [4.69, 9.17) is 0 Å². The number of hydrogen-bond donors (Lipinski definition) is 0. The molecule has 0 radical (unpaired) electrons. The van der Waals surface area contributed by atoms with Gasteiger partial charge in [0.1, 0.15) is 0 Å². The third-order valence-electron chi connectivity index (χ3n) is 3.59. The second-order valence-electron chi connectivity index (χ2n) is 5.07. The van der Waals surface area contributed by atoms with Gasteiger partial charge in [-0.25, -0.2) is 0 Å². The molecule has 0 saturated carbocycles. The van der Waals surface area contributed by atoms with E-state index in [1.165, 1.54) is 4.90 Å². The van der Waals surface area contributed by atoms with E-state index in [2.05, 4.69) is 15.9 Å². The molecule has 0 aromatic heterocycles. The van der Waals surface area contributed by atoms with Crippen LogP contribution in [0.1, 0.15) is 28.8 Å². The highest BCUT2D eigenvalue weighted by molar-refractivity contribution is 9.10. The number of halogens is 4. The van der Waals surface area contributed by atoms with Gasteiger partial charge in [0, 0.05) is 17.6 Å². The van der Waals surface area contributed by atoms with Gasteiger partial charge in [-0.3, -0.25) is 4.79 Å². The van der Waals surface area contributed by atoms with Crippen molar-refractivity contribution in [2.24, 2.45) is 5.92 Å². The number of rotatable bonds is 1. The molecule has 0 N–H and O–H groups in total. The van der Waals surface area contributed by atoms with Gasteiger partial charge in [0.05, 0.1) is 11.5 Å². The molecule has 1 fully saturated rings. The number of carbonyl (C=O) groups excluding carboxylic acids is 1. The maximum atomic E-state index is 12.8. The third-order valence-corrected chi connectivity index (χ3v) is 4.65. The molecular formula is C14H15BrF3NO. The summed E-state index contributed by atoms with van der Waals surface area (Å²) in [6.45, 7) is 1.98. The van der Waals surface area contributed by atoms with Crippen LogP contribution < -0.4 is 0 Å². The van der Waals surface area contributed by atoms with Crippen LogP contribution in [0.5, 0.6) is 0 Å². The number of aryl methyl sites for hydroxylation is 1. The van der Waals surface area contributed by atoms with Gasteiger partial charge in [-0.05, 0) is 47.3 Å². The number of hydrogen-bond acceptors (Lipinski definition) is 1. The Hall–Kier alpha value is -1.04. The SMILES string of the molecule is Cc1cccc(C(=O)N2CCCC(C(F)(F)F)C2)c1Br. The third kappa shape index (κ3) is 3.16. The molecule has 1 aliphatic rings. The Morgan fingerprint density at radius 2 is 2.10 bits per heavy atom. The average molecular weight is 350 g/mol. The fourth-order valence-electron chi connectivity index (χ4n) is 2.41. The van der Waals surface area contributed by atoms with Crippen molar-refractivity contribution in [2.45, 2.75) is 25.9 Å². The first-order valence-electron chi connectivity index (χ1n) is 6.42. The summed E-state index contributed by atoms with van der Waals surface area (Å²) < 4.78 is 39.0. The van der Waals surface area contributed by atoms with Gasteiger partial charge < -0.3 is 4.90 Å². The molecule has 2 nitrogen and oxygen atoms in total. The van der Waals surface area contributed by atoms with E-state index in [0.29, 0.717) is 23.0 Å².